The first kappa shape index (κ1) is 24.2. The molecule has 2 aromatic carbocycles. The summed E-state index contributed by atoms with van der Waals surface area (Å²) in [5.41, 5.74) is 3.59. The van der Waals surface area contributed by atoms with Crippen LogP contribution in [0.3, 0.4) is 0 Å². The van der Waals surface area contributed by atoms with Gasteiger partial charge in [0.2, 0.25) is 0 Å². The molecule has 0 saturated carbocycles. The van der Waals surface area contributed by atoms with Crippen LogP contribution >= 0.6 is 0 Å². The maximum atomic E-state index is 13.4. The van der Waals surface area contributed by atoms with E-state index in [9.17, 15) is 14.7 Å². The van der Waals surface area contributed by atoms with Crippen molar-refractivity contribution >= 4 is 17.4 Å². The van der Waals surface area contributed by atoms with E-state index < -0.39 is 17.7 Å². The lowest BCUT2D eigenvalue weighted by atomic mass is 9.84. The SMILES string of the molecule is COc1cccc(CN2C(=O)C(=O)/C(=C(/O)c3cc(C(C)(C)C)ccc3C)C2c2ccccn2)c1. The summed E-state index contributed by atoms with van der Waals surface area (Å²) in [7, 11) is 1.58. The molecule has 1 aliphatic heterocycles. The van der Waals surface area contributed by atoms with E-state index in [0.29, 0.717) is 17.0 Å². The third kappa shape index (κ3) is 4.69. The van der Waals surface area contributed by atoms with Crippen LogP contribution in [0, 0.1) is 6.92 Å². The number of benzene rings is 2. The van der Waals surface area contributed by atoms with E-state index in [0.717, 1.165) is 16.7 Å². The second-order valence-electron chi connectivity index (χ2n) is 9.81. The van der Waals surface area contributed by atoms with Gasteiger partial charge in [-0.2, -0.15) is 0 Å². The number of hydrogen-bond donors (Lipinski definition) is 1. The van der Waals surface area contributed by atoms with E-state index >= 15 is 0 Å². The molecule has 180 valence electrons. The van der Waals surface area contributed by atoms with Crippen molar-refractivity contribution in [2.75, 3.05) is 7.11 Å². The van der Waals surface area contributed by atoms with Crippen molar-refractivity contribution < 1.29 is 19.4 Å². The van der Waals surface area contributed by atoms with Crippen LogP contribution in [0.2, 0.25) is 0 Å². The maximum absolute atomic E-state index is 13.4. The summed E-state index contributed by atoms with van der Waals surface area (Å²) in [5.74, 6) is -0.921. The molecule has 0 aliphatic carbocycles. The van der Waals surface area contributed by atoms with Gasteiger partial charge in [-0.15, -0.1) is 0 Å². The first-order chi connectivity index (χ1) is 16.6. The molecule has 1 unspecified atom stereocenters. The molecule has 0 radical (unpaired) electrons. The van der Waals surface area contributed by atoms with E-state index in [2.05, 4.69) is 25.8 Å². The number of ketones is 1. The van der Waals surface area contributed by atoms with Crippen molar-refractivity contribution in [1.29, 1.82) is 0 Å². The second kappa shape index (κ2) is 9.37. The molecule has 1 amide bonds. The molecule has 2 heterocycles. The minimum Gasteiger partial charge on any atom is -0.507 e. The molecule has 1 atom stereocenters. The van der Waals surface area contributed by atoms with Crippen LogP contribution in [0.1, 0.15) is 54.8 Å². The van der Waals surface area contributed by atoms with Gasteiger partial charge in [-0.25, -0.2) is 0 Å². The minimum absolute atomic E-state index is 0.0470. The Morgan fingerprint density at radius 3 is 2.49 bits per heavy atom. The molecule has 1 saturated heterocycles. The van der Waals surface area contributed by atoms with E-state index in [1.165, 1.54) is 4.90 Å². The number of rotatable bonds is 5. The third-order valence-electron chi connectivity index (χ3n) is 6.35. The molecule has 6 nitrogen and oxygen atoms in total. The number of aliphatic hydroxyl groups excluding tert-OH is 1. The van der Waals surface area contributed by atoms with E-state index in [1.807, 2.05) is 49.4 Å². The van der Waals surface area contributed by atoms with Gasteiger partial charge in [0.1, 0.15) is 17.6 Å². The molecule has 3 aromatic rings. The van der Waals surface area contributed by atoms with Gasteiger partial charge in [0.25, 0.3) is 11.7 Å². The number of carbonyl (C=O) groups excluding carboxylic acids is 2. The zero-order chi connectivity index (χ0) is 25.3. The van der Waals surface area contributed by atoms with E-state index in [1.54, 1.807) is 31.5 Å². The highest BCUT2D eigenvalue weighted by Crippen LogP contribution is 2.40. The summed E-state index contributed by atoms with van der Waals surface area (Å²) < 4.78 is 5.32. The van der Waals surface area contributed by atoms with Crippen LogP contribution in [-0.2, 0) is 21.5 Å². The summed E-state index contributed by atoms with van der Waals surface area (Å²) in [6.07, 6.45) is 1.62. The highest BCUT2D eigenvalue weighted by Gasteiger charge is 2.47. The van der Waals surface area contributed by atoms with Crippen LogP contribution in [-0.4, -0.2) is 33.8 Å². The predicted octanol–water partition coefficient (Wildman–Crippen LogP) is 5.32. The van der Waals surface area contributed by atoms with E-state index in [-0.39, 0.29) is 23.3 Å². The maximum Gasteiger partial charge on any atom is 0.296 e. The molecule has 6 heteroatoms. The number of aryl methyl sites for hydroxylation is 1. The van der Waals surface area contributed by atoms with Crippen LogP contribution in [0.25, 0.3) is 5.76 Å². The monoisotopic (exact) mass is 470 g/mol. The largest absolute Gasteiger partial charge is 0.507 e. The van der Waals surface area contributed by atoms with Gasteiger partial charge in [-0.3, -0.25) is 14.6 Å². The van der Waals surface area contributed by atoms with E-state index in [4.69, 9.17) is 4.74 Å². The fraction of sp³-hybridized carbons (Fsp3) is 0.276. The van der Waals surface area contributed by atoms with Gasteiger partial charge >= 0.3 is 0 Å². The summed E-state index contributed by atoms with van der Waals surface area (Å²) in [5, 5.41) is 11.5. The Hall–Kier alpha value is -3.93. The molecule has 1 aromatic heterocycles. The number of methoxy groups -OCH3 is 1. The number of carbonyl (C=O) groups is 2. The Balaban J connectivity index is 1.88. The lowest BCUT2D eigenvalue weighted by molar-refractivity contribution is -0.140. The number of Topliss-reactive ketones (excluding diaryl/α,β-unsaturated/α-hetero) is 1. The second-order valence-corrected chi connectivity index (χ2v) is 9.81. The standard InChI is InChI=1S/C29H30N2O4/c1-18-12-13-20(29(2,3)4)16-22(18)26(32)24-25(23-11-6-7-14-30-23)31(28(34)27(24)33)17-19-9-8-10-21(15-19)35-5/h6-16,25,32H,17H2,1-5H3/b26-24+. The van der Waals surface area contributed by atoms with Crippen LogP contribution < -0.4 is 4.74 Å². The predicted molar refractivity (Wildman–Crippen MR) is 135 cm³/mol. The lowest BCUT2D eigenvalue weighted by Gasteiger charge is -2.25. The van der Waals surface area contributed by atoms with Gasteiger partial charge < -0.3 is 14.7 Å². The molecular formula is C29H30N2O4. The smallest absolute Gasteiger partial charge is 0.296 e. The summed E-state index contributed by atoms with van der Waals surface area (Å²) in [6, 6.07) is 17.7. The zero-order valence-electron chi connectivity index (χ0n) is 20.7. The summed E-state index contributed by atoms with van der Waals surface area (Å²) in [6.45, 7) is 8.30. The summed E-state index contributed by atoms with van der Waals surface area (Å²) in [4.78, 5) is 32.5. The molecule has 35 heavy (non-hydrogen) atoms. The quantitative estimate of drug-likeness (QED) is 0.310. The number of likely N-dealkylation sites (tertiary alicyclic amines) is 1. The van der Waals surface area contributed by atoms with Crippen molar-refractivity contribution in [2.24, 2.45) is 0 Å². The van der Waals surface area contributed by atoms with Gasteiger partial charge in [0, 0.05) is 18.3 Å². The van der Waals surface area contributed by atoms with Crippen molar-refractivity contribution in [2.45, 2.75) is 45.7 Å². The first-order valence-electron chi connectivity index (χ1n) is 11.6. The van der Waals surface area contributed by atoms with Crippen molar-refractivity contribution in [3.8, 4) is 5.75 Å². The molecule has 0 bridgehead atoms. The average molecular weight is 471 g/mol. The Labute approximate surface area is 205 Å². The number of pyridine rings is 1. The number of ether oxygens (including phenoxy) is 1. The van der Waals surface area contributed by atoms with Crippen molar-refractivity contribution in [1.82, 2.24) is 9.88 Å². The lowest BCUT2D eigenvalue weighted by Crippen LogP contribution is -2.29. The number of hydrogen-bond acceptors (Lipinski definition) is 5. The molecule has 1 aliphatic rings. The Bertz CT molecular complexity index is 1310. The third-order valence-corrected chi connectivity index (χ3v) is 6.35. The van der Waals surface area contributed by atoms with Gasteiger partial charge in [-0.1, -0.05) is 51.1 Å². The minimum atomic E-state index is -0.819. The molecule has 1 fully saturated rings. The summed E-state index contributed by atoms with van der Waals surface area (Å²) >= 11 is 0. The van der Waals surface area contributed by atoms with Crippen LogP contribution in [0.15, 0.2) is 72.4 Å². The first-order valence-corrected chi connectivity index (χ1v) is 11.6. The van der Waals surface area contributed by atoms with Gasteiger partial charge in [0.05, 0.1) is 18.4 Å². The topological polar surface area (TPSA) is 79.7 Å². The molecule has 4 rings (SSSR count). The molecular weight excluding hydrogens is 440 g/mol. The fourth-order valence-electron chi connectivity index (χ4n) is 4.34. The number of amides is 1. The Kier molecular flexibility index (Phi) is 6.48. The Morgan fingerprint density at radius 2 is 1.83 bits per heavy atom. The van der Waals surface area contributed by atoms with Gasteiger partial charge in [0.15, 0.2) is 0 Å². The highest BCUT2D eigenvalue weighted by atomic mass is 16.5. The molecule has 0 spiro atoms. The normalized spacial score (nSPS) is 17.6. The number of aromatic nitrogens is 1. The van der Waals surface area contributed by atoms with Crippen molar-refractivity contribution in [3.05, 3.63) is 100 Å². The highest BCUT2D eigenvalue weighted by molar-refractivity contribution is 6.46. The number of nitrogens with zero attached hydrogens (tertiary/aromatic N) is 2. The average Bonchev–Trinajstić information content (AvgIpc) is 3.08. The van der Waals surface area contributed by atoms with Crippen LogP contribution in [0.5, 0.6) is 5.75 Å². The molecule has 1 N–H and O–H groups in total. The fourth-order valence-corrected chi connectivity index (χ4v) is 4.34. The number of aliphatic hydroxyl groups is 1. The van der Waals surface area contributed by atoms with Crippen molar-refractivity contribution in [3.63, 3.8) is 0 Å². The zero-order valence-corrected chi connectivity index (χ0v) is 20.7. The Morgan fingerprint density at radius 1 is 1.06 bits per heavy atom. The van der Waals surface area contributed by atoms with Crippen LogP contribution in [0.4, 0.5) is 0 Å². The van der Waals surface area contributed by atoms with Gasteiger partial charge in [-0.05, 0) is 59.4 Å².